The van der Waals surface area contributed by atoms with Gasteiger partial charge in [-0.1, -0.05) is 19.1 Å². The molecule has 110 valence electrons. The molecule has 0 saturated heterocycles. The standard InChI is InChI=1S/C18H27NO/c1-13-6-8-16(9-7-13)19-17-10-15(11-17)14-4-3-5-18(12-14)20-2/h3-5,12-13,15-17,19H,6-11H2,1-2H3. The summed E-state index contributed by atoms with van der Waals surface area (Å²) in [5, 5.41) is 3.87. The maximum absolute atomic E-state index is 5.32. The van der Waals surface area contributed by atoms with E-state index in [-0.39, 0.29) is 0 Å². The van der Waals surface area contributed by atoms with E-state index in [9.17, 15) is 0 Å². The molecule has 2 saturated carbocycles. The highest BCUT2D eigenvalue weighted by Crippen LogP contribution is 2.39. The van der Waals surface area contributed by atoms with Gasteiger partial charge in [0.15, 0.2) is 0 Å². The molecule has 0 unspecified atom stereocenters. The Morgan fingerprint density at radius 3 is 2.50 bits per heavy atom. The van der Waals surface area contributed by atoms with E-state index < -0.39 is 0 Å². The van der Waals surface area contributed by atoms with Crippen molar-refractivity contribution in [1.29, 1.82) is 0 Å². The Morgan fingerprint density at radius 1 is 1.05 bits per heavy atom. The van der Waals surface area contributed by atoms with Crippen molar-refractivity contribution in [3.63, 3.8) is 0 Å². The summed E-state index contributed by atoms with van der Waals surface area (Å²) < 4.78 is 5.32. The zero-order valence-electron chi connectivity index (χ0n) is 12.8. The van der Waals surface area contributed by atoms with Gasteiger partial charge >= 0.3 is 0 Å². The first-order valence-electron chi connectivity index (χ1n) is 8.14. The van der Waals surface area contributed by atoms with Crippen LogP contribution in [-0.4, -0.2) is 19.2 Å². The van der Waals surface area contributed by atoms with Crippen LogP contribution in [0.5, 0.6) is 5.75 Å². The third kappa shape index (κ3) is 3.17. The van der Waals surface area contributed by atoms with Crippen LogP contribution in [0.15, 0.2) is 24.3 Å². The third-order valence-corrected chi connectivity index (χ3v) is 5.19. The lowest BCUT2D eigenvalue weighted by Crippen LogP contribution is -2.46. The molecule has 0 amide bonds. The van der Waals surface area contributed by atoms with Gasteiger partial charge in [-0.25, -0.2) is 0 Å². The first-order valence-corrected chi connectivity index (χ1v) is 8.14. The predicted octanol–water partition coefficient (Wildman–Crippen LogP) is 4.11. The topological polar surface area (TPSA) is 21.3 Å². The molecule has 0 aliphatic heterocycles. The van der Waals surface area contributed by atoms with Crippen LogP contribution >= 0.6 is 0 Å². The molecule has 2 nitrogen and oxygen atoms in total. The van der Waals surface area contributed by atoms with Crippen molar-refractivity contribution in [2.24, 2.45) is 5.92 Å². The summed E-state index contributed by atoms with van der Waals surface area (Å²) in [6, 6.07) is 10.1. The van der Waals surface area contributed by atoms with E-state index >= 15 is 0 Å². The van der Waals surface area contributed by atoms with Gasteiger partial charge in [-0.05, 0) is 68.1 Å². The molecule has 0 atom stereocenters. The van der Waals surface area contributed by atoms with Crippen LogP contribution in [0.3, 0.4) is 0 Å². The summed E-state index contributed by atoms with van der Waals surface area (Å²) in [6.45, 7) is 2.39. The van der Waals surface area contributed by atoms with Crippen LogP contribution in [0.2, 0.25) is 0 Å². The van der Waals surface area contributed by atoms with Gasteiger partial charge in [-0.2, -0.15) is 0 Å². The summed E-state index contributed by atoms with van der Waals surface area (Å²) in [5.74, 6) is 2.66. The van der Waals surface area contributed by atoms with Crippen molar-refractivity contribution < 1.29 is 4.74 Å². The second-order valence-electron chi connectivity index (χ2n) is 6.77. The summed E-state index contributed by atoms with van der Waals surface area (Å²) in [4.78, 5) is 0. The maximum Gasteiger partial charge on any atom is 0.119 e. The quantitative estimate of drug-likeness (QED) is 0.891. The van der Waals surface area contributed by atoms with Gasteiger partial charge in [0.2, 0.25) is 0 Å². The van der Waals surface area contributed by atoms with Crippen molar-refractivity contribution in [1.82, 2.24) is 5.32 Å². The fraction of sp³-hybridized carbons (Fsp3) is 0.667. The van der Waals surface area contributed by atoms with Crippen molar-refractivity contribution in [2.75, 3.05) is 7.11 Å². The lowest BCUT2D eigenvalue weighted by atomic mass is 9.75. The molecule has 20 heavy (non-hydrogen) atoms. The highest BCUT2D eigenvalue weighted by molar-refractivity contribution is 5.32. The Labute approximate surface area is 122 Å². The molecule has 1 aromatic rings. The Kier molecular flexibility index (Phi) is 4.30. The molecule has 2 fully saturated rings. The highest BCUT2D eigenvalue weighted by atomic mass is 16.5. The van der Waals surface area contributed by atoms with Gasteiger partial charge in [0.05, 0.1) is 7.11 Å². The number of benzene rings is 1. The van der Waals surface area contributed by atoms with Crippen molar-refractivity contribution in [3.8, 4) is 5.75 Å². The van der Waals surface area contributed by atoms with Gasteiger partial charge in [-0.3, -0.25) is 0 Å². The lowest BCUT2D eigenvalue weighted by molar-refractivity contribution is 0.221. The fourth-order valence-electron chi connectivity index (χ4n) is 3.68. The highest BCUT2D eigenvalue weighted by Gasteiger charge is 2.32. The first kappa shape index (κ1) is 13.9. The molecule has 0 spiro atoms. The summed E-state index contributed by atoms with van der Waals surface area (Å²) in [5.41, 5.74) is 1.44. The lowest BCUT2D eigenvalue weighted by Gasteiger charge is -2.40. The van der Waals surface area contributed by atoms with E-state index in [1.54, 1.807) is 7.11 Å². The zero-order chi connectivity index (χ0) is 13.9. The molecule has 0 heterocycles. The number of hydrogen-bond donors (Lipinski definition) is 1. The van der Waals surface area contributed by atoms with E-state index in [0.717, 1.165) is 29.7 Å². The molecule has 2 aliphatic rings. The number of ether oxygens (including phenoxy) is 1. The van der Waals surface area contributed by atoms with Crippen molar-refractivity contribution in [2.45, 2.75) is 63.5 Å². The van der Waals surface area contributed by atoms with Crippen LogP contribution in [-0.2, 0) is 0 Å². The zero-order valence-corrected chi connectivity index (χ0v) is 12.8. The largest absolute Gasteiger partial charge is 0.497 e. The summed E-state index contributed by atoms with van der Waals surface area (Å²) in [6.07, 6.45) is 8.15. The molecule has 3 rings (SSSR count). The molecular formula is C18H27NO. The second-order valence-corrected chi connectivity index (χ2v) is 6.77. The minimum atomic E-state index is 0.727. The Bertz CT molecular complexity index is 431. The minimum Gasteiger partial charge on any atom is -0.497 e. The Morgan fingerprint density at radius 2 is 1.80 bits per heavy atom. The number of methoxy groups -OCH3 is 1. The number of rotatable bonds is 4. The first-order chi connectivity index (χ1) is 9.74. The van der Waals surface area contributed by atoms with Crippen molar-refractivity contribution in [3.05, 3.63) is 29.8 Å². The van der Waals surface area contributed by atoms with Gasteiger partial charge < -0.3 is 10.1 Å². The van der Waals surface area contributed by atoms with E-state index in [1.807, 2.05) is 6.07 Å². The van der Waals surface area contributed by atoms with Gasteiger partial charge in [0.1, 0.15) is 5.75 Å². The average molecular weight is 273 g/mol. The van der Waals surface area contributed by atoms with Crippen LogP contribution in [0, 0.1) is 5.92 Å². The third-order valence-electron chi connectivity index (χ3n) is 5.19. The molecule has 0 aromatic heterocycles. The van der Waals surface area contributed by atoms with Crippen LogP contribution in [0.25, 0.3) is 0 Å². The normalized spacial score (nSPS) is 33.5. The van der Waals surface area contributed by atoms with Gasteiger partial charge in [-0.15, -0.1) is 0 Å². The SMILES string of the molecule is COc1cccc(C2CC(NC3CCC(C)CC3)C2)c1. The van der Waals surface area contributed by atoms with Gasteiger partial charge in [0, 0.05) is 12.1 Å². The monoisotopic (exact) mass is 273 g/mol. The number of hydrogen-bond acceptors (Lipinski definition) is 2. The molecule has 0 radical (unpaired) electrons. The van der Waals surface area contributed by atoms with Gasteiger partial charge in [0.25, 0.3) is 0 Å². The summed E-state index contributed by atoms with van der Waals surface area (Å²) >= 11 is 0. The average Bonchev–Trinajstić information content (AvgIpc) is 2.44. The molecule has 1 aromatic carbocycles. The van der Waals surface area contributed by atoms with Crippen LogP contribution in [0.4, 0.5) is 0 Å². The Hall–Kier alpha value is -1.02. The number of nitrogens with one attached hydrogen (secondary N) is 1. The molecule has 2 heteroatoms. The second kappa shape index (κ2) is 6.17. The summed E-state index contributed by atoms with van der Waals surface area (Å²) in [7, 11) is 1.74. The van der Waals surface area contributed by atoms with Crippen LogP contribution in [0.1, 0.15) is 56.9 Å². The predicted molar refractivity (Wildman–Crippen MR) is 83.3 cm³/mol. The Balaban J connectivity index is 1.46. The minimum absolute atomic E-state index is 0.727. The maximum atomic E-state index is 5.32. The molecular weight excluding hydrogens is 246 g/mol. The van der Waals surface area contributed by atoms with Crippen LogP contribution < -0.4 is 10.1 Å². The van der Waals surface area contributed by atoms with E-state index in [0.29, 0.717) is 0 Å². The van der Waals surface area contributed by atoms with Crippen molar-refractivity contribution >= 4 is 0 Å². The van der Waals surface area contributed by atoms with E-state index in [2.05, 4.69) is 30.4 Å². The molecule has 2 aliphatic carbocycles. The molecule has 0 bridgehead atoms. The van der Waals surface area contributed by atoms with E-state index in [1.165, 1.54) is 44.1 Å². The van der Waals surface area contributed by atoms with E-state index in [4.69, 9.17) is 4.74 Å². The molecule has 1 N–H and O–H groups in total. The fourth-order valence-corrected chi connectivity index (χ4v) is 3.68. The smallest absolute Gasteiger partial charge is 0.119 e.